The fourth-order valence-electron chi connectivity index (χ4n) is 10.1. The number of halogens is 12. The van der Waals surface area contributed by atoms with Gasteiger partial charge >= 0.3 is 24.3 Å². The summed E-state index contributed by atoms with van der Waals surface area (Å²) in [4.78, 5) is 33.9. The molecule has 0 spiro atoms. The molecule has 2 aliphatic carbocycles. The van der Waals surface area contributed by atoms with Crippen molar-refractivity contribution in [3.8, 4) is 0 Å². The monoisotopic (exact) mass is 1150 g/mol. The zero-order chi connectivity index (χ0) is 54.9. The highest BCUT2D eigenvalue weighted by atomic mass is 35.5. The summed E-state index contributed by atoms with van der Waals surface area (Å²) in [6, 6.07) is 21.4. The number of carbonyl (C=O) groups excluding carboxylic acids is 2. The lowest BCUT2D eigenvalue weighted by Crippen LogP contribution is -2.53. The Bertz CT molecular complexity index is 2610. The van der Waals surface area contributed by atoms with Crippen LogP contribution in [0.1, 0.15) is 108 Å². The van der Waals surface area contributed by atoms with Crippen LogP contribution in [0, 0.1) is 48.0 Å². The van der Waals surface area contributed by atoms with Gasteiger partial charge in [0.1, 0.15) is 23.5 Å². The number of hydrogen-bond donors (Lipinski definition) is 0. The summed E-state index contributed by atoms with van der Waals surface area (Å²) < 4.78 is 97.8. The average molecular weight is 1150 g/mol. The van der Waals surface area contributed by atoms with Crippen LogP contribution in [-0.2, 0) is 31.0 Å². The van der Waals surface area contributed by atoms with E-state index in [0.717, 1.165) is 61.7 Å². The highest BCUT2D eigenvalue weighted by molar-refractivity contribution is 6.48. The lowest BCUT2D eigenvalue weighted by molar-refractivity contribution is -0.197. The first-order chi connectivity index (χ1) is 34.7. The second kappa shape index (κ2) is 26.4. The van der Waals surface area contributed by atoms with E-state index in [9.17, 15) is 22.8 Å². The second-order valence-electron chi connectivity index (χ2n) is 19.9. The van der Waals surface area contributed by atoms with E-state index in [1.54, 1.807) is 30.3 Å². The summed E-state index contributed by atoms with van der Waals surface area (Å²) in [6.07, 6.45) is -4.32. The fraction of sp³-hybridized carbons (Fsp3) is 0.464. The molecule has 74 heavy (non-hydrogen) atoms. The minimum atomic E-state index is -4.92. The van der Waals surface area contributed by atoms with Gasteiger partial charge in [0.05, 0.1) is 41.8 Å². The van der Waals surface area contributed by atoms with Gasteiger partial charge in [-0.05, 0) is 102 Å². The van der Waals surface area contributed by atoms with Gasteiger partial charge in [-0.3, -0.25) is 9.79 Å². The molecule has 18 heteroatoms. The number of aliphatic imine (C=N–C) groups is 1. The van der Waals surface area contributed by atoms with Crippen LogP contribution in [-0.4, -0.2) is 42.7 Å². The van der Waals surface area contributed by atoms with Crippen molar-refractivity contribution in [1.82, 2.24) is 0 Å². The first-order valence-electron chi connectivity index (χ1n) is 24.2. The van der Waals surface area contributed by atoms with Crippen LogP contribution in [0.4, 0.5) is 26.3 Å². The van der Waals surface area contributed by atoms with Gasteiger partial charge in [-0.25, -0.2) is 11.4 Å². The Morgan fingerprint density at radius 3 is 1.62 bits per heavy atom. The van der Waals surface area contributed by atoms with E-state index in [4.69, 9.17) is 85.7 Å². The average Bonchev–Trinajstić information content (AvgIpc) is 3.75. The Morgan fingerprint density at radius 1 is 0.716 bits per heavy atom. The predicted molar refractivity (Wildman–Crippen MR) is 285 cm³/mol. The van der Waals surface area contributed by atoms with Crippen LogP contribution < -0.4 is 0 Å². The van der Waals surface area contributed by atoms with Crippen molar-refractivity contribution < 1.29 is 45.4 Å². The van der Waals surface area contributed by atoms with E-state index < -0.39 is 59.4 Å². The van der Waals surface area contributed by atoms with Gasteiger partial charge in [0.25, 0.3) is 0 Å². The van der Waals surface area contributed by atoms with Crippen molar-refractivity contribution in [2.45, 2.75) is 123 Å². The van der Waals surface area contributed by atoms with Crippen LogP contribution in [0.15, 0.2) is 96.0 Å². The molecule has 3 aliphatic rings. The first-order valence-corrected chi connectivity index (χ1v) is 26.5. The number of carbonyl (C=O) groups is 2. The number of hydrogen-bond acceptors (Lipinski definition) is 5. The Balaban J connectivity index is 0.000000240. The zero-order valence-electron chi connectivity index (χ0n) is 41.5. The number of rotatable bonds is 10. The smallest absolute Gasteiger partial charge is 0.417 e. The first kappa shape index (κ1) is 60.9. The van der Waals surface area contributed by atoms with Crippen LogP contribution in [0.25, 0.3) is 10.4 Å². The maximum atomic E-state index is 15.2. The molecule has 9 atom stereocenters. The summed E-state index contributed by atoms with van der Waals surface area (Å²) in [5.74, 6) is -2.34. The van der Waals surface area contributed by atoms with E-state index >= 15 is 13.2 Å². The molecule has 7 rings (SSSR count). The second-order valence-corrected chi connectivity index (χ2v) is 22.3. The molecule has 1 heterocycles. The molecular weight excluding hydrogens is 1090 g/mol. The summed E-state index contributed by atoms with van der Waals surface area (Å²) in [7, 11) is 0. The Kier molecular flexibility index (Phi) is 21.7. The molecule has 0 N–H and O–H groups in total. The predicted octanol–water partition coefficient (Wildman–Crippen LogP) is 18.6. The minimum Gasteiger partial charge on any atom is -0.462 e. The van der Waals surface area contributed by atoms with E-state index in [-0.39, 0.29) is 64.9 Å². The van der Waals surface area contributed by atoms with Gasteiger partial charge in [0, 0.05) is 17.9 Å². The van der Waals surface area contributed by atoms with Crippen molar-refractivity contribution in [3.63, 3.8) is 0 Å². The largest absolute Gasteiger partial charge is 0.462 e. The van der Waals surface area contributed by atoms with Crippen LogP contribution in [0.5, 0.6) is 0 Å². The zero-order valence-corrected chi connectivity index (χ0v) is 46.1. The summed E-state index contributed by atoms with van der Waals surface area (Å²) in [5.41, 5.74) is -3.07. The number of alkyl halides is 6. The lowest BCUT2D eigenvalue weighted by atomic mass is 9.68. The molecule has 0 radical (unpaired) electrons. The molecule has 0 aromatic heterocycles. The van der Waals surface area contributed by atoms with Gasteiger partial charge in [-0.2, -0.15) is 26.3 Å². The highest BCUT2D eigenvalue weighted by Gasteiger charge is 2.67. The van der Waals surface area contributed by atoms with E-state index in [1.165, 1.54) is 0 Å². The van der Waals surface area contributed by atoms with Crippen LogP contribution in [0.2, 0.25) is 30.1 Å². The van der Waals surface area contributed by atoms with E-state index in [1.807, 2.05) is 65.0 Å². The Morgan fingerprint density at radius 2 is 1.18 bits per heavy atom. The number of nitrogens with zero attached hydrogens (tertiary/aromatic N) is 2. The number of benzene rings is 4. The van der Waals surface area contributed by atoms with Gasteiger partial charge < -0.3 is 14.3 Å². The molecule has 400 valence electrons. The third kappa shape index (κ3) is 15.2. The topological polar surface area (TPSA) is 69.3 Å². The van der Waals surface area contributed by atoms with Crippen LogP contribution in [0.3, 0.4) is 0 Å². The van der Waals surface area contributed by atoms with E-state index in [2.05, 4.69) is 16.8 Å². The fourth-order valence-corrected chi connectivity index (χ4v) is 11.2. The number of ether oxygens (including phenoxy) is 2. The molecule has 3 unspecified atom stereocenters. The standard InChI is InChI=1S/C28H29Cl3F3NO2.C20H22Cl3F3O2.C8H7N/c1-15(2)19-10-9-16(3)11-22(19)37-26(36)23-25(17-7-5-4-6-8-17)35-14-27(23,28(32,33)34)18-12-20(29)24(31)21(30)13-18;1-10(2)13-5-4-11(3)6-17(13)28-18(27)9-14(20(24,25)26)12-7-15(21)19(23)16(22)8-12;1-9-7-8-5-3-2-4-6-8/h4-8,12-16,19,22-23,25H,9-11H2,1-3H3;7-11,13,17H,4-6H2,1-3H3;2-6H,7H2/b;14-9+;/t16-,19+,22-,23?,25?,27?;11-,13+,17-;/m11./s1. The summed E-state index contributed by atoms with van der Waals surface area (Å²) >= 11 is 35.9. The third-order valence-corrected chi connectivity index (χ3v) is 16.4. The van der Waals surface area contributed by atoms with Crippen molar-refractivity contribution in [2.75, 3.05) is 0 Å². The van der Waals surface area contributed by atoms with E-state index in [0.29, 0.717) is 42.9 Å². The molecule has 4 aromatic rings. The highest BCUT2D eigenvalue weighted by Crippen LogP contribution is 2.56. The molecule has 4 aromatic carbocycles. The van der Waals surface area contributed by atoms with Crippen molar-refractivity contribution >= 4 is 93.3 Å². The Labute approximate surface area is 459 Å². The Hall–Kier alpha value is -3.96. The van der Waals surface area contributed by atoms with Gasteiger partial charge in [-0.1, -0.05) is 185 Å². The lowest BCUT2D eigenvalue weighted by Gasteiger charge is -2.40. The summed E-state index contributed by atoms with van der Waals surface area (Å²) in [5, 5.41) is -0.654. The van der Waals surface area contributed by atoms with Gasteiger partial charge in [0.2, 0.25) is 6.54 Å². The van der Waals surface area contributed by atoms with Crippen molar-refractivity contribution in [1.29, 1.82) is 0 Å². The maximum absolute atomic E-state index is 15.2. The molecule has 6 nitrogen and oxygen atoms in total. The molecular formula is C56H58Cl6F6N2O4. The van der Waals surface area contributed by atoms with Gasteiger partial charge in [-0.15, -0.1) is 0 Å². The third-order valence-electron chi connectivity index (χ3n) is 14.0. The molecule has 2 fully saturated rings. The number of allylic oxidation sites excluding steroid dienone is 1. The summed E-state index contributed by atoms with van der Waals surface area (Å²) in [6.45, 7) is 19.3. The molecule has 0 amide bonds. The SMILES string of the molecule is CC(C)[C@@H]1CC[C@@H](C)C[C@H]1OC(=O)/C=C(\c1cc(Cl)c(Cl)c(Cl)c1)C(F)(F)F.CC(C)[C@@H]1CC[C@@H](C)C[C@H]1OC(=O)C1C(c2ccccc2)N=CC1(c1cc(Cl)c(Cl)c(Cl)c1)C(F)(F)F.[C-]#[N+]Cc1ccccc1. The molecule has 2 saturated carbocycles. The number of esters is 2. The van der Waals surface area contributed by atoms with Gasteiger partial charge in [0.15, 0.2) is 0 Å². The molecule has 0 saturated heterocycles. The minimum absolute atomic E-state index is 0.0489. The van der Waals surface area contributed by atoms with Crippen LogP contribution >= 0.6 is 69.6 Å². The normalized spacial score (nSPS) is 25.0. The molecule has 1 aliphatic heterocycles. The molecule has 0 bridgehead atoms. The maximum Gasteiger partial charge on any atom is 0.417 e. The quantitative estimate of drug-likeness (QED) is 0.0522. The van der Waals surface area contributed by atoms with Crippen molar-refractivity contribution in [2.24, 2.45) is 46.4 Å². The van der Waals surface area contributed by atoms with Crippen molar-refractivity contribution in [3.05, 3.63) is 155 Å².